The summed E-state index contributed by atoms with van der Waals surface area (Å²) in [5, 5.41) is 0. The Bertz CT molecular complexity index is 510. The highest BCUT2D eigenvalue weighted by atomic mass is 16.5. The zero-order valence-electron chi connectivity index (χ0n) is 13.5. The van der Waals surface area contributed by atoms with Crippen LogP contribution in [-0.4, -0.2) is 50.9 Å². The van der Waals surface area contributed by atoms with E-state index in [1.165, 1.54) is 7.11 Å². The molecule has 0 aliphatic heterocycles. The Balaban J connectivity index is 3.05. The van der Waals surface area contributed by atoms with Crippen molar-refractivity contribution in [3.63, 3.8) is 0 Å². The summed E-state index contributed by atoms with van der Waals surface area (Å²) in [5.41, 5.74) is 2.13. The van der Waals surface area contributed by atoms with Crippen molar-refractivity contribution in [3.8, 4) is 5.75 Å². The van der Waals surface area contributed by atoms with Gasteiger partial charge in [-0.1, -0.05) is 0 Å². The Labute approximate surface area is 126 Å². The van der Waals surface area contributed by atoms with Crippen LogP contribution in [0.25, 0.3) is 0 Å². The number of carbonyl (C=O) groups excluding carboxylic acids is 1. The third kappa shape index (κ3) is 5.55. The lowest BCUT2D eigenvalue weighted by molar-refractivity contribution is 0.0600. The molecular formula is C16H24N2O3. The number of ether oxygens (including phenoxy) is 2. The van der Waals surface area contributed by atoms with Gasteiger partial charge in [-0.25, -0.2) is 4.79 Å². The highest BCUT2D eigenvalue weighted by molar-refractivity contribution is 5.92. The van der Waals surface area contributed by atoms with Crippen LogP contribution in [0.15, 0.2) is 23.2 Å². The Kier molecular flexibility index (Phi) is 6.88. The number of nitrogens with zero attached hydrogens (tertiary/aromatic N) is 2. The number of carbonyl (C=O) groups is 1. The summed E-state index contributed by atoms with van der Waals surface area (Å²) in [6.45, 7) is 5.37. The van der Waals surface area contributed by atoms with Crippen LogP contribution >= 0.6 is 0 Å². The lowest BCUT2D eigenvalue weighted by Crippen LogP contribution is -2.15. The SMILES string of the molecule is CCOc1ccc(C(=O)OC)cc1N=C(C)CCN(C)C. The van der Waals surface area contributed by atoms with Crippen LogP contribution in [-0.2, 0) is 4.74 Å². The van der Waals surface area contributed by atoms with E-state index in [0.29, 0.717) is 23.6 Å². The van der Waals surface area contributed by atoms with Crippen LogP contribution in [0.2, 0.25) is 0 Å². The third-order valence-corrected chi connectivity index (χ3v) is 2.91. The molecule has 0 fully saturated rings. The van der Waals surface area contributed by atoms with Crippen molar-refractivity contribution in [3.05, 3.63) is 23.8 Å². The molecule has 0 aliphatic carbocycles. The molecule has 0 unspecified atom stereocenters. The zero-order valence-corrected chi connectivity index (χ0v) is 13.5. The number of rotatable bonds is 7. The predicted molar refractivity (Wildman–Crippen MR) is 84.9 cm³/mol. The summed E-state index contributed by atoms with van der Waals surface area (Å²) < 4.78 is 10.3. The van der Waals surface area contributed by atoms with Crippen LogP contribution in [0.4, 0.5) is 5.69 Å². The Hall–Kier alpha value is -1.88. The number of esters is 1. The fraction of sp³-hybridized carbons (Fsp3) is 0.500. The molecule has 1 aromatic rings. The molecule has 0 aromatic heterocycles. The Morgan fingerprint density at radius 2 is 2.05 bits per heavy atom. The minimum absolute atomic E-state index is 0.375. The van der Waals surface area contributed by atoms with Crippen LogP contribution in [0.3, 0.4) is 0 Å². The van der Waals surface area contributed by atoms with E-state index in [4.69, 9.17) is 9.47 Å². The molecule has 0 atom stereocenters. The molecule has 0 aliphatic rings. The highest BCUT2D eigenvalue weighted by Crippen LogP contribution is 2.29. The van der Waals surface area contributed by atoms with Gasteiger partial charge in [0.15, 0.2) is 0 Å². The van der Waals surface area contributed by atoms with Crippen molar-refractivity contribution in [1.29, 1.82) is 0 Å². The van der Waals surface area contributed by atoms with Gasteiger partial charge in [0.25, 0.3) is 0 Å². The predicted octanol–water partition coefficient (Wildman–Crippen LogP) is 2.92. The minimum atomic E-state index is -0.375. The number of aliphatic imine (C=N–C) groups is 1. The second-order valence-electron chi connectivity index (χ2n) is 5.01. The number of hydrogen-bond acceptors (Lipinski definition) is 5. The molecule has 0 heterocycles. The van der Waals surface area contributed by atoms with E-state index in [1.807, 2.05) is 27.9 Å². The van der Waals surface area contributed by atoms with E-state index in [-0.39, 0.29) is 5.97 Å². The summed E-state index contributed by atoms with van der Waals surface area (Å²) in [4.78, 5) is 18.3. The van der Waals surface area contributed by atoms with Gasteiger partial charge in [0, 0.05) is 12.3 Å². The van der Waals surface area contributed by atoms with Gasteiger partial charge >= 0.3 is 5.97 Å². The van der Waals surface area contributed by atoms with Crippen molar-refractivity contribution in [2.24, 2.45) is 4.99 Å². The lowest BCUT2D eigenvalue weighted by atomic mass is 10.2. The Morgan fingerprint density at radius 3 is 2.62 bits per heavy atom. The molecule has 21 heavy (non-hydrogen) atoms. The normalized spacial score (nSPS) is 11.6. The summed E-state index contributed by atoms with van der Waals surface area (Å²) in [5.74, 6) is 0.301. The molecule has 0 amide bonds. The molecular weight excluding hydrogens is 268 g/mol. The average molecular weight is 292 g/mol. The molecule has 1 aromatic carbocycles. The Morgan fingerprint density at radius 1 is 1.33 bits per heavy atom. The smallest absolute Gasteiger partial charge is 0.337 e. The van der Waals surface area contributed by atoms with Crippen molar-refractivity contribution in [2.75, 3.05) is 34.4 Å². The second kappa shape index (κ2) is 8.42. The first-order chi connectivity index (χ1) is 9.97. The molecule has 5 heteroatoms. The van der Waals surface area contributed by atoms with Gasteiger partial charge in [-0.15, -0.1) is 0 Å². The highest BCUT2D eigenvalue weighted by Gasteiger charge is 2.10. The number of hydrogen-bond donors (Lipinski definition) is 0. The quantitative estimate of drug-likeness (QED) is 0.573. The van der Waals surface area contributed by atoms with Crippen LogP contribution in [0.1, 0.15) is 30.6 Å². The number of benzene rings is 1. The van der Waals surface area contributed by atoms with Gasteiger partial charge in [0.05, 0.1) is 19.3 Å². The zero-order chi connectivity index (χ0) is 15.8. The monoisotopic (exact) mass is 292 g/mol. The first-order valence-electron chi connectivity index (χ1n) is 7.02. The van der Waals surface area contributed by atoms with Gasteiger partial charge in [-0.3, -0.25) is 4.99 Å². The molecule has 0 spiro atoms. The maximum absolute atomic E-state index is 11.6. The van der Waals surface area contributed by atoms with Crippen LogP contribution in [0.5, 0.6) is 5.75 Å². The first-order valence-corrected chi connectivity index (χ1v) is 7.02. The standard InChI is InChI=1S/C16H24N2O3/c1-6-21-15-8-7-13(16(19)20-5)11-14(15)17-12(2)9-10-18(3)4/h7-8,11H,6,9-10H2,1-5H3. The van der Waals surface area contributed by atoms with Gasteiger partial charge < -0.3 is 14.4 Å². The minimum Gasteiger partial charge on any atom is -0.492 e. The molecule has 0 saturated carbocycles. The van der Waals surface area contributed by atoms with Gasteiger partial charge in [0.2, 0.25) is 0 Å². The maximum atomic E-state index is 11.6. The largest absolute Gasteiger partial charge is 0.492 e. The molecule has 0 bridgehead atoms. The number of methoxy groups -OCH3 is 1. The molecule has 0 saturated heterocycles. The lowest BCUT2D eigenvalue weighted by Gasteiger charge is -2.11. The van der Waals surface area contributed by atoms with E-state index in [0.717, 1.165) is 18.7 Å². The van der Waals surface area contributed by atoms with Gasteiger partial charge in [0.1, 0.15) is 11.4 Å². The summed E-state index contributed by atoms with van der Waals surface area (Å²) in [7, 11) is 5.41. The van der Waals surface area contributed by atoms with E-state index in [2.05, 4.69) is 9.89 Å². The molecule has 116 valence electrons. The summed E-state index contributed by atoms with van der Waals surface area (Å²) in [6, 6.07) is 5.15. The van der Waals surface area contributed by atoms with E-state index >= 15 is 0 Å². The first kappa shape index (κ1) is 17.2. The van der Waals surface area contributed by atoms with Crippen molar-refractivity contribution in [1.82, 2.24) is 4.90 Å². The van der Waals surface area contributed by atoms with Crippen molar-refractivity contribution >= 4 is 17.4 Å². The van der Waals surface area contributed by atoms with Crippen molar-refractivity contribution in [2.45, 2.75) is 20.3 Å². The molecule has 0 radical (unpaired) electrons. The van der Waals surface area contributed by atoms with Gasteiger partial charge in [-0.05, 0) is 52.6 Å². The van der Waals surface area contributed by atoms with Crippen LogP contribution in [0, 0.1) is 0 Å². The summed E-state index contributed by atoms with van der Waals surface area (Å²) >= 11 is 0. The maximum Gasteiger partial charge on any atom is 0.337 e. The second-order valence-corrected chi connectivity index (χ2v) is 5.01. The average Bonchev–Trinajstić information content (AvgIpc) is 2.46. The van der Waals surface area contributed by atoms with E-state index in [9.17, 15) is 4.79 Å². The fourth-order valence-electron chi connectivity index (χ4n) is 1.77. The molecule has 0 N–H and O–H groups in total. The van der Waals surface area contributed by atoms with E-state index in [1.54, 1.807) is 18.2 Å². The van der Waals surface area contributed by atoms with Crippen LogP contribution < -0.4 is 4.74 Å². The molecule has 5 nitrogen and oxygen atoms in total. The topological polar surface area (TPSA) is 51.1 Å². The molecule has 1 rings (SSSR count). The summed E-state index contributed by atoms with van der Waals surface area (Å²) in [6.07, 6.45) is 0.862. The van der Waals surface area contributed by atoms with Gasteiger partial charge in [-0.2, -0.15) is 0 Å². The van der Waals surface area contributed by atoms with Crippen molar-refractivity contribution < 1.29 is 14.3 Å². The van der Waals surface area contributed by atoms with E-state index < -0.39 is 0 Å². The third-order valence-electron chi connectivity index (χ3n) is 2.91. The fourth-order valence-corrected chi connectivity index (χ4v) is 1.77.